The Bertz CT molecular complexity index is 422. The van der Waals surface area contributed by atoms with Crippen molar-refractivity contribution >= 4 is 22.4 Å². The molecule has 2 saturated carbocycles. The molecule has 0 spiro atoms. The van der Waals surface area contributed by atoms with Crippen LogP contribution in [0.5, 0.6) is 0 Å². The minimum atomic E-state index is -0.138. The van der Waals surface area contributed by atoms with Crippen molar-refractivity contribution in [1.29, 1.82) is 0 Å². The first-order valence-electron chi connectivity index (χ1n) is 5.57. The Hall–Kier alpha value is -1.17. The summed E-state index contributed by atoms with van der Waals surface area (Å²) in [5, 5.41) is 11.0. The van der Waals surface area contributed by atoms with E-state index < -0.39 is 0 Å². The van der Waals surface area contributed by atoms with Crippen molar-refractivity contribution in [3.8, 4) is 0 Å². The van der Waals surface area contributed by atoms with Crippen LogP contribution in [-0.2, 0) is 0 Å². The van der Waals surface area contributed by atoms with E-state index in [0.29, 0.717) is 15.6 Å². The van der Waals surface area contributed by atoms with Crippen LogP contribution in [0.15, 0.2) is 0 Å². The van der Waals surface area contributed by atoms with Crippen LogP contribution in [0.3, 0.4) is 0 Å². The van der Waals surface area contributed by atoms with Gasteiger partial charge in [0.05, 0.1) is 0 Å². The van der Waals surface area contributed by atoms with Crippen LogP contribution < -0.4 is 11.1 Å². The Morgan fingerprint density at radius 1 is 1.50 bits per heavy atom. The van der Waals surface area contributed by atoms with Crippen molar-refractivity contribution in [1.82, 2.24) is 15.5 Å². The van der Waals surface area contributed by atoms with E-state index in [4.69, 9.17) is 5.73 Å². The lowest BCUT2D eigenvalue weighted by Gasteiger charge is -2.13. The molecule has 0 saturated heterocycles. The van der Waals surface area contributed by atoms with E-state index in [1.54, 1.807) is 0 Å². The first-order chi connectivity index (χ1) is 7.70. The van der Waals surface area contributed by atoms with Crippen molar-refractivity contribution in [3.63, 3.8) is 0 Å². The molecule has 5 nitrogen and oxygen atoms in total. The van der Waals surface area contributed by atoms with Gasteiger partial charge >= 0.3 is 0 Å². The Morgan fingerprint density at radius 2 is 2.25 bits per heavy atom. The maximum Gasteiger partial charge on any atom is 0.282 e. The van der Waals surface area contributed by atoms with Gasteiger partial charge in [0, 0.05) is 6.54 Å². The quantitative estimate of drug-likeness (QED) is 0.821. The molecule has 16 heavy (non-hydrogen) atoms. The molecule has 2 aliphatic carbocycles. The standard InChI is InChI=1S/C10H14N4OS/c11-9-14-13-8(16-9)7(15)12-5-10(3-4-10)6-1-2-6/h6H,1-5H2,(H2,11,14)(H,12,15). The van der Waals surface area contributed by atoms with Gasteiger partial charge in [-0.15, -0.1) is 10.2 Å². The minimum absolute atomic E-state index is 0.138. The number of nitrogens with zero attached hydrogens (tertiary/aromatic N) is 2. The lowest BCUT2D eigenvalue weighted by atomic mass is 10.0. The topological polar surface area (TPSA) is 80.9 Å². The molecule has 3 N–H and O–H groups in total. The molecule has 0 radical (unpaired) electrons. The largest absolute Gasteiger partial charge is 0.374 e. The number of anilines is 1. The van der Waals surface area contributed by atoms with Gasteiger partial charge in [-0.3, -0.25) is 4.79 Å². The predicted octanol–water partition coefficient (Wildman–Crippen LogP) is 1.04. The van der Waals surface area contributed by atoms with Gasteiger partial charge in [0.15, 0.2) is 0 Å². The fraction of sp³-hybridized carbons (Fsp3) is 0.700. The number of carbonyl (C=O) groups is 1. The molecule has 1 aromatic heterocycles. The van der Waals surface area contributed by atoms with Gasteiger partial charge in [0.25, 0.3) is 5.91 Å². The van der Waals surface area contributed by atoms with Gasteiger partial charge in [0.2, 0.25) is 10.1 Å². The highest BCUT2D eigenvalue weighted by atomic mass is 32.1. The molecule has 0 unspecified atom stereocenters. The maximum absolute atomic E-state index is 11.7. The molecule has 3 rings (SSSR count). The molecule has 1 amide bonds. The van der Waals surface area contributed by atoms with Crippen molar-refractivity contribution in [2.24, 2.45) is 11.3 Å². The van der Waals surface area contributed by atoms with Gasteiger partial charge in [0.1, 0.15) is 0 Å². The third kappa shape index (κ3) is 1.77. The molecule has 0 aliphatic heterocycles. The summed E-state index contributed by atoms with van der Waals surface area (Å²) in [5.74, 6) is 0.716. The van der Waals surface area contributed by atoms with Crippen LogP contribution >= 0.6 is 11.3 Å². The number of rotatable bonds is 4. The zero-order chi connectivity index (χ0) is 11.2. The second-order valence-electron chi connectivity index (χ2n) is 4.76. The lowest BCUT2D eigenvalue weighted by Crippen LogP contribution is -2.31. The smallest absolute Gasteiger partial charge is 0.282 e. The van der Waals surface area contributed by atoms with E-state index in [-0.39, 0.29) is 5.91 Å². The summed E-state index contributed by atoms with van der Waals surface area (Å²) in [7, 11) is 0. The molecule has 2 aliphatic rings. The van der Waals surface area contributed by atoms with E-state index in [2.05, 4.69) is 15.5 Å². The number of nitrogens with two attached hydrogens (primary N) is 1. The van der Waals surface area contributed by atoms with Gasteiger partial charge in [-0.05, 0) is 37.0 Å². The predicted molar refractivity (Wildman–Crippen MR) is 61.0 cm³/mol. The number of hydrogen-bond acceptors (Lipinski definition) is 5. The maximum atomic E-state index is 11.7. The van der Waals surface area contributed by atoms with Crippen molar-refractivity contribution in [2.45, 2.75) is 25.7 Å². The molecular weight excluding hydrogens is 224 g/mol. The fourth-order valence-corrected chi connectivity index (χ4v) is 2.77. The molecule has 2 fully saturated rings. The summed E-state index contributed by atoms with van der Waals surface area (Å²) in [6, 6.07) is 0. The average Bonchev–Trinajstić information content (AvgIpc) is 3.14. The zero-order valence-corrected chi connectivity index (χ0v) is 9.72. The Kier molecular flexibility index (Phi) is 2.14. The zero-order valence-electron chi connectivity index (χ0n) is 8.90. The Morgan fingerprint density at radius 3 is 2.75 bits per heavy atom. The second-order valence-corrected chi connectivity index (χ2v) is 5.77. The third-order valence-corrected chi connectivity index (χ3v) is 4.32. The third-order valence-electron chi connectivity index (χ3n) is 3.57. The van der Waals surface area contributed by atoms with Crippen LogP contribution in [0.4, 0.5) is 5.13 Å². The molecule has 0 bridgehead atoms. The van der Waals surface area contributed by atoms with E-state index in [0.717, 1.165) is 23.8 Å². The van der Waals surface area contributed by atoms with Crippen LogP contribution in [-0.4, -0.2) is 22.6 Å². The highest BCUT2D eigenvalue weighted by Crippen LogP contribution is 2.60. The fourth-order valence-electron chi connectivity index (χ4n) is 2.24. The molecule has 86 valence electrons. The van der Waals surface area contributed by atoms with Gasteiger partial charge in [-0.1, -0.05) is 11.3 Å². The van der Waals surface area contributed by atoms with E-state index >= 15 is 0 Å². The summed E-state index contributed by atoms with van der Waals surface area (Å²) in [6.07, 6.45) is 5.19. The summed E-state index contributed by atoms with van der Waals surface area (Å²) in [6.45, 7) is 0.788. The number of hydrogen-bond donors (Lipinski definition) is 2. The highest BCUT2D eigenvalue weighted by molar-refractivity contribution is 7.16. The molecule has 1 aromatic rings. The van der Waals surface area contributed by atoms with E-state index in [1.165, 1.54) is 25.7 Å². The monoisotopic (exact) mass is 238 g/mol. The second kappa shape index (κ2) is 3.41. The van der Waals surface area contributed by atoms with Gasteiger partial charge in [-0.25, -0.2) is 0 Å². The van der Waals surface area contributed by atoms with Crippen LogP contribution in [0, 0.1) is 11.3 Å². The molecule has 1 heterocycles. The molecule has 0 atom stereocenters. The number of nitrogens with one attached hydrogen (secondary N) is 1. The Labute approximate surface area is 97.4 Å². The van der Waals surface area contributed by atoms with Crippen LogP contribution in [0.2, 0.25) is 0 Å². The summed E-state index contributed by atoms with van der Waals surface area (Å²) < 4.78 is 0. The Balaban J connectivity index is 1.57. The minimum Gasteiger partial charge on any atom is -0.374 e. The normalized spacial score (nSPS) is 21.8. The van der Waals surface area contributed by atoms with Crippen molar-refractivity contribution < 1.29 is 4.79 Å². The molecule has 6 heteroatoms. The van der Waals surface area contributed by atoms with Gasteiger partial charge in [-0.2, -0.15) is 0 Å². The van der Waals surface area contributed by atoms with Crippen LogP contribution in [0.25, 0.3) is 0 Å². The summed E-state index contributed by atoms with van der Waals surface area (Å²) >= 11 is 1.13. The highest BCUT2D eigenvalue weighted by Gasteiger charge is 2.53. The average molecular weight is 238 g/mol. The SMILES string of the molecule is Nc1nnc(C(=O)NCC2(C3CC3)CC2)s1. The molecule has 0 aromatic carbocycles. The number of aromatic nitrogens is 2. The summed E-state index contributed by atoms with van der Waals surface area (Å²) in [4.78, 5) is 11.7. The van der Waals surface area contributed by atoms with Gasteiger partial charge < -0.3 is 11.1 Å². The number of carbonyl (C=O) groups excluding carboxylic acids is 1. The first kappa shape index (κ1) is 10.0. The lowest BCUT2D eigenvalue weighted by molar-refractivity contribution is 0.0941. The van der Waals surface area contributed by atoms with Crippen molar-refractivity contribution in [3.05, 3.63) is 5.01 Å². The van der Waals surface area contributed by atoms with E-state index in [9.17, 15) is 4.79 Å². The first-order valence-corrected chi connectivity index (χ1v) is 6.38. The van der Waals surface area contributed by atoms with E-state index in [1.807, 2.05) is 0 Å². The van der Waals surface area contributed by atoms with Crippen LogP contribution in [0.1, 0.15) is 35.5 Å². The van der Waals surface area contributed by atoms with Crippen molar-refractivity contribution in [2.75, 3.05) is 12.3 Å². The number of nitrogen functional groups attached to an aromatic ring is 1. The molecular formula is C10H14N4OS. The summed E-state index contributed by atoms with van der Waals surface area (Å²) in [5.41, 5.74) is 5.86. The number of amides is 1.